The Kier molecular flexibility index (Phi) is 7.45. The van der Waals surface area contributed by atoms with Crippen LogP contribution < -0.4 is 16.1 Å². The lowest BCUT2D eigenvalue weighted by molar-refractivity contribution is -0.0494. The van der Waals surface area contributed by atoms with Gasteiger partial charge in [0.1, 0.15) is 6.23 Å². The van der Waals surface area contributed by atoms with E-state index in [4.69, 9.17) is 9.57 Å². The van der Waals surface area contributed by atoms with E-state index in [9.17, 15) is 5.11 Å². The van der Waals surface area contributed by atoms with Crippen molar-refractivity contribution in [2.75, 3.05) is 40.8 Å². The molecule has 4 aliphatic rings. The number of hydrogen-bond donors (Lipinski definition) is 4. The Morgan fingerprint density at radius 3 is 2.72 bits per heavy atom. The second kappa shape index (κ2) is 9.87. The van der Waals surface area contributed by atoms with Crippen LogP contribution in [-0.2, 0) is 9.57 Å². The maximum Gasteiger partial charge on any atom is 0.146 e. The largest absolute Gasteiger partial charge is 0.393 e. The third kappa shape index (κ3) is 5.13. The van der Waals surface area contributed by atoms with Crippen LogP contribution >= 0.6 is 0 Å². The molecule has 168 valence electrons. The van der Waals surface area contributed by atoms with E-state index in [2.05, 4.69) is 40.0 Å². The summed E-state index contributed by atoms with van der Waals surface area (Å²) in [6.45, 7) is 3.07. The predicted octanol–water partition coefficient (Wildman–Crippen LogP) is 0.291. The minimum atomic E-state index is -0.253. The summed E-state index contributed by atoms with van der Waals surface area (Å²) >= 11 is 0. The van der Waals surface area contributed by atoms with Gasteiger partial charge in [0.25, 0.3) is 0 Å². The van der Waals surface area contributed by atoms with Gasteiger partial charge >= 0.3 is 0 Å². The molecule has 0 aromatic heterocycles. The molecule has 3 saturated heterocycles. The van der Waals surface area contributed by atoms with Crippen LogP contribution in [0.1, 0.15) is 44.9 Å². The van der Waals surface area contributed by atoms with Gasteiger partial charge in [0, 0.05) is 26.1 Å². The van der Waals surface area contributed by atoms with Gasteiger partial charge < -0.3 is 15.2 Å². The third-order valence-electron chi connectivity index (χ3n) is 7.66. The second-order valence-corrected chi connectivity index (χ2v) is 9.73. The quantitative estimate of drug-likeness (QED) is 0.497. The molecule has 3 aliphatic heterocycles. The first-order chi connectivity index (χ1) is 14.0. The Balaban J connectivity index is 1.26. The topological polar surface area (TPSA) is 81.3 Å². The van der Waals surface area contributed by atoms with Crippen molar-refractivity contribution in [1.29, 1.82) is 0 Å². The minimum Gasteiger partial charge on any atom is -0.393 e. The number of aliphatic hydroxyl groups is 1. The molecule has 29 heavy (non-hydrogen) atoms. The number of methoxy groups -OCH3 is 1. The molecule has 0 spiro atoms. The summed E-state index contributed by atoms with van der Waals surface area (Å²) in [6.07, 6.45) is 8.27. The summed E-state index contributed by atoms with van der Waals surface area (Å²) in [5.74, 6) is 0.884. The van der Waals surface area contributed by atoms with Crippen molar-refractivity contribution in [3.05, 3.63) is 0 Å². The van der Waals surface area contributed by atoms with E-state index in [1.165, 1.54) is 19.3 Å². The highest BCUT2D eigenvalue weighted by Crippen LogP contribution is 2.31. The van der Waals surface area contributed by atoms with Gasteiger partial charge in [-0.2, -0.15) is 5.48 Å². The average Bonchev–Trinajstić information content (AvgIpc) is 3.39. The van der Waals surface area contributed by atoms with Gasteiger partial charge in [-0.15, -0.1) is 0 Å². The van der Waals surface area contributed by atoms with Gasteiger partial charge in [-0.05, 0) is 71.5 Å². The van der Waals surface area contributed by atoms with Crippen molar-refractivity contribution in [3.8, 4) is 0 Å². The molecule has 0 bridgehead atoms. The summed E-state index contributed by atoms with van der Waals surface area (Å²) in [5.41, 5.74) is 3.29. The predicted molar refractivity (Wildman–Crippen MR) is 112 cm³/mol. The molecule has 3 heterocycles. The van der Waals surface area contributed by atoms with Gasteiger partial charge in [-0.25, -0.2) is 0 Å². The molecule has 8 heteroatoms. The Hall–Kier alpha value is -0.320. The summed E-state index contributed by atoms with van der Waals surface area (Å²) < 4.78 is 5.45. The van der Waals surface area contributed by atoms with Crippen LogP contribution in [0.15, 0.2) is 0 Å². The standard InChI is InChI=1S/C21H41N5O3/c1-25(2)19-9-7-14(12-22-19)20-23-21(29-24-20)17-5-4-10-26(17)13-15-6-8-16(28-3)11-18(15)27/h14-24,27H,4-13H2,1-3H3/t14?,15?,16?,17-,18?,19?,20?,21?/m1/s1. The van der Waals surface area contributed by atoms with Crippen LogP contribution in [0.25, 0.3) is 0 Å². The first-order valence-corrected chi connectivity index (χ1v) is 11.6. The molecule has 8 atom stereocenters. The Morgan fingerprint density at radius 1 is 1.17 bits per heavy atom. The summed E-state index contributed by atoms with van der Waals surface area (Å²) in [6, 6.07) is 0.380. The van der Waals surface area contributed by atoms with Crippen molar-refractivity contribution < 1.29 is 14.7 Å². The lowest BCUT2D eigenvalue weighted by Gasteiger charge is -2.37. The number of ether oxygens (including phenoxy) is 1. The molecule has 0 radical (unpaired) electrons. The maximum atomic E-state index is 10.6. The fraction of sp³-hybridized carbons (Fsp3) is 1.00. The summed E-state index contributed by atoms with van der Waals surface area (Å²) in [5, 5.41) is 18.0. The van der Waals surface area contributed by atoms with Crippen molar-refractivity contribution in [3.63, 3.8) is 0 Å². The summed E-state index contributed by atoms with van der Waals surface area (Å²) in [7, 11) is 6.02. The van der Waals surface area contributed by atoms with Gasteiger partial charge in [0.05, 0.1) is 30.6 Å². The van der Waals surface area contributed by atoms with Crippen molar-refractivity contribution in [2.45, 2.75) is 81.8 Å². The number of nitrogens with zero attached hydrogens (tertiary/aromatic N) is 2. The van der Waals surface area contributed by atoms with Crippen molar-refractivity contribution >= 4 is 0 Å². The van der Waals surface area contributed by atoms with Crippen molar-refractivity contribution in [2.24, 2.45) is 11.8 Å². The van der Waals surface area contributed by atoms with Crippen LogP contribution in [0.4, 0.5) is 0 Å². The molecule has 8 nitrogen and oxygen atoms in total. The highest BCUT2D eigenvalue weighted by Gasteiger charge is 2.42. The maximum absolute atomic E-state index is 10.6. The van der Waals surface area contributed by atoms with E-state index in [1.807, 2.05) is 0 Å². The Labute approximate surface area is 175 Å². The van der Waals surface area contributed by atoms with E-state index < -0.39 is 0 Å². The number of likely N-dealkylation sites (tertiary alicyclic amines) is 1. The Bertz CT molecular complexity index is 517. The molecule has 0 aromatic rings. The van der Waals surface area contributed by atoms with E-state index >= 15 is 0 Å². The van der Waals surface area contributed by atoms with E-state index in [-0.39, 0.29) is 24.6 Å². The Morgan fingerprint density at radius 2 is 2.03 bits per heavy atom. The molecule has 4 N–H and O–H groups in total. The highest BCUT2D eigenvalue weighted by molar-refractivity contribution is 4.93. The molecule has 0 amide bonds. The van der Waals surface area contributed by atoms with Gasteiger partial charge in [0.2, 0.25) is 0 Å². The number of nitrogens with one attached hydrogen (secondary N) is 3. The number of hydroxylamine groups is 1. The number of hydrogen-bond acceptors (Lipinski definition) is 8. The SMILES string of the molecule is COC1CCC(CN2CCC[C@@H]2C2NC(C3CCC(N(C)C)NC3)NO2)C(O)C1. The fourth-order valence-electron chi connectivity index (χ4n) is 5.72. The number of piperidine rings is 1. The number of aliphatic hydroxyl groups excluding tert-OH is 1. The normalized spacial score (nSPS) is 44.6. The van der Waals surface area contributed by atoms with Crippen LogP contribution in [0, 0.1) is 11.8 Å². The first-order valence-electron chi connectivity index (χ1n) is 11.6. The average molecular weight is 412 g/mol. The molecular weight excluding hydrogens is 370 g/mol. The molecule has 1 aliphatic carbocycles. The lowest BCUT2D eigenvalue weighted by Crippen LogP contribution is -2.54. The monoisotopic (exact) mass is 411 g/mol. The molecule has 0 aromatic carbocycles. The fourth-order valence-corrected chi connectivity index (χ4v) is 5.72. The van der Waals surface area contributed by atoms with Gasteiger partial charge in [-0.1, -0.05) is 0 Å². The zero-order valence-corrected chi connectivity index (χ0v) is 18.3. The van der Waals surface area contributed by atoms with Crippen LogP contribution in [0.5, 0.6) is 0 Å². The molecule has 4 fully saturated rings. The molecular formula is C21H41N5O3. The van der Waals surface area contributed by atoms with Crippen LogP contribution in [0.2, 0.25) is 0 Å². The van der Waals surface area contributed by atoms with Gasteiger partial charge in [-0.3, -0.25) is 20.0 Å². The smallest absolute Gasteiger partial charge is 0.146 e. The molecule has 1 saturated carbocycles. The third-order valence-corrected chi connectivity index (χ3v) is 7.66. The first kappa shape index (κ1) is 21.9. The van der Waals surface area contributed by atoms with Crippen LogP contribution in [0.3, 0.4) is 0 Å². The van der Waals surface area contributed by atoms with E-state index in [0.717, 1.165) is 45.3 Å². The summed E-state index contributed by atoms with van der Waals surface area (Å²) in [4.78, 5) is 10.8. The zero-order valence-electron chi connectivity index (χ0n) is 18.3. The van der Waals surface area contributed by atoms with Crippen molar-refractivity contribution in [1.82, 2.24) is 25.9 Å². The van der Waals surface area contributed by atoms with Crippen LogP contribution in [-0.4, -0.2) is 92.6 Å². The zero-order chi connectivity index (χ0) is 20.4. The van der Waals surface area contributed by atoms with Gasteiger partial charge in [0.15, 0.2) is 0 Å². The lowest BCUT2D eigenvalue weighted by atomic mass is 9.84. The molecule has 7 unspecified atom stereocenters. The van der Waals surface area contributed by atoms with E-state index in [0.29, 0.717) is 24.0 Å². The molecule has 4 rings (SSSR count). The highest BCUT2D eigenvalue weighted by atomic mass is 16.7. The number of rotatable bonds is 6. The second-order valence-electron chi connectivity index (χ2n) is 9.73. The van der Waals surface area contributed by atoms with E-state index in [1.54, 1.807) is 7.11 Å². The minimum absolute atomic E-state index is 0.0292.